The van der Waals surface area contributed by atoms with Crippen molar-refractivity contribution in [2.75, 3.05) is 0 Å². The van der Waals surface area contributed by atoms with Crippen LogP contribution in [-0.4, -0.2) is 9.78 Å². The third-order valence-electron chi connectivity index (χ3n) is 5.57. The summed E-state index contributed by atoms with van der Waals surface area (Å²) in [6, 6.07) is 0.244. The van der Waals surface area contributed by atoms with Gasteiger partial charge in [0.2, 0.25) is 0 Å². The van der Waals surface area contributed by atoms with Gasteiger partial charge in [-0.05, 0) is 55.8 Å². The Hall–Kier alpha value is -0.830. The molecule has 1 aromatic rings. The molecular formula is C14H21N3. The van der Waals surface area contributed by atoms with Gasteiger partial charge < -0.3 is 5.73 Å². The standard InChI is InChI=1S/C14H21N3/c1-2-17-7-10(6-16-17)14(15)13-11-8-3-4-9(5-8)12(11)13/h6-9,11-14H,2-5,15H2,1H3. The van der Waals surface area contributed by atoms with E-state index >= 15 is 0 Å². The van der Waals surface area contributed by atoms with Crippen LogP contribution in [0.3, 0.4) is 0 Å². The quantitative estimate of drug-likeness (QED) is 0.866. The molecule has 3 fully saturated rings. The molecule has 3 aliphatic rings. The Labute approximate surface area is 102 Å². The van der Waals surface area contributed by atoms with E-state index in [9.17, 15) is 0 Å². The lowest BCUT2D eigenvalue weighted by Gasteiger charge is -2.14. The number of rotatable bonds is 3. The van der Waals surface area contributed by atoms with Crippen molar-refractivity contribution in [3.8, 4) is 0 Å². The van der Waals surface area contributed by atoms with Crippen molar-refractivity contribution >= 4 is 0 Å². The molecule has 0 spiro atoms. The number of aryl methyl sites for hydroxylation is 1. The minimum absolute atomic E-state index is 0.244. The zero-order chi connectivity index (χ0) is 11.6. The van der Waals surface area contributed by atoms with Crippen LogP contribution in [0, 0.1) is 29.6 Å². The van der Waals surface area contributed by atoms with Gasteiger partial charge in [-0.1, -0.05) is 0 Å². The normalized spacial score (nSPS) is 43.8. The van der Waals surface area contributed by atoms with E-state index in [-0.39, 0.29) is 6.04 Å². The molecule has 3 heteroatoms. The van der Waals surface area contributed by atoms with Gasteiger partial charge in [0.25, 0.3) is 0 Å². The summed E-state index contributed by atoms with van der Waals surface area (Å²) in [6.45, 7) is 3.06. The Balaban J connectivity index is 1.53. The molecule has 1 aromatic heterocycles. The predicted molar refractivity (Wildman–Crippen MR) is 66.1 cm³/mol. The van der Waals surface area contributed by atoms with E-state index in [0.29, 0.717) is 0 Å². The van der Waals surface area contributed by atoms with Gasteiger partial charge in [0.05, 0.1) is 6.20 Å². The Kier molecular flexibility index (Phi) is 1.99. The smallest absolute Gasteiger partial charge is 0.0537 e. The average Bonchev–Trinajstić information content (AvgIpc) is 2.79. The first kappa shape index (κ1) is 10.1. The molecule has 5 unspecified atom stereocenters. The molecule has 1 heterocycles. The van der Waals surface area contributed by atoms with Gasteiger partial charge in [0, 0.05) is 24.3 Å². The number of hydrogen-bond donors (Lipinski definition) is 1. The van der Waals surface area contributed by atoms with Crippen LogP contribution in [0.1, 0.15) is 37.8 Å². The highest BCUT2D eigenvalue weighted by molar-refractivity contribution is 5.22. The second kappa shape index (κ2) is 3.35. The summed E-state index contributed by atoms with van der Waals surface area (Å²) in [4.78, 5) is 0. The molecule has 2 N–H and O–H groups in total. The Morgan fingerprint density at radius 1 is 1.41 bits per heavy atom. The fourth-order valence-corrected chi connectivity index (χ4v) is 4.82. The van der Waals surface area contributed by atoms with Crippen molar-refractivity contribution in [3.63, 3.8) is 0 Å². The summed E-state index contributed by atoms with van der Waals surface area (Å²) >= 11 is 0. The highest BCUT2D eigenvalue weighted by Gasteiger charge is 2.66. The van der Waals surface area contributed by atoms with Crippen LogP contribution in [0.4, 0.5) is 0 Å². The van der Waals surface area contributed by atoms with Crippen molar-refractivity contribution in [2.24, 2.45) is 35.3 Å². The van der Waals surface area contributed by atoms with E-state index in [1.807, 2.05) is 10.9 Å². The van der Waals surface area contributed by atoms with E-state index in [0.717, 1.165) is 36.1 Å². The summed E-state index contributed by atoms with van der Waals surface area (Å²) in [7, 11) is 0. The third kappa shape index (κ3) is 1.29. The number of hydrogen-bond acceptors (Lipinski definition) is 2. The van der Waals surface area contributed by atoms with Crippen LogP contribution in [0.2, 0.25) is 0 Å². The van der Waals surface area contributed by atoms with Gasteiger partial charge in [-0.15, -0.1) is 0 Å². The largest absolute Gasteiger partial charge is 0.324 e. The van der Waals surface area contributed by atoms with Crippen molar-refractivity contribution in [3.05, 3.63) is 18.0 Å². The van der Waals surface area contributed by atoms with Crippen LogP contribution in [-0.2, 0) is 6.54 Å². The van der Waals surface area contributed by atoms with Gasteiger partial charge in [0.1, 0.15) is 0 Å². The van der Waals surface area contributed by atoms with E-state index < -0.39 is 0 Å². The lowest BCUT2D eigenvalue weighted by Crippen LogP contribution is -2.17. The van der Waals surface area contributed by atoms with Gasteiger partial charge in [-0.3, -0.25) is 4.68 Å². The van der Waals surface area contributed by atoms with Gasteiger partial charge in [0.15, 0.2) is 0 Å². The third-order valence-corrected chi connectivity index (χ3v) is 5.57. The SMILES string of the molecule is CCn1cc(C(N)C2C3C4CCC(C4)C32)cn1. The zero-order valence-corrected chi connectivity index (χ0v) is 10.4. The summed E-state index contributed by atoms with van der Waals surface area (Å²) in [5, 5.41) is 4.35. The summed E-state index contributed by atoms with van der Waals surface area (Å²) < 4.78 is 1.99. The first-order valence-electron chi connectivity index (χ1n) is 7.07. The molecule has 5 atom stereocenters. The number of aromatic nitrogens is 2. The Morgan fingerprint density at radius 3 is 2.71 bits per heavy atom. The maximum Gasteiger partial charge on any atom is 0.0537 e. The molecule has 17 heavy (non-hydrogen) atoms. The van der Waals surface area contributed by atoms with Crippen molar-refractivity contribution in [1.82, 2.24) is 9.78 Å². The Morgan fingerprint density at radius 2 is 2.12 bits per heavy atom. The average molecular weight is 231 g/mol. The van der Waals surface area contributed by atoms with Crippen molar-refractivity contribution < 1.29 is 0 Å². The molecule has 0 radical (unpaired) electrons. The molecule has 3 saturated carbocycles. The predicted octanol–water partition coefficient (Wildman–Crippen LogP) is 2.19. The molecule has 0 amide bonds. The molecule has 4 rings (SSSR count). The van der Waals surface area contributed by atoms with Crippen LogP contribution in [0.15, 0.2) is 12.4 Å². The number of nitrogens with zero attached hydrogens (tertiary/aromatic N) is 2. The lowest BCUT2D eigenvalue weighted by atomic mass is 9.95. The van der Waals surface area contributed by atoms with E-state index in [4.69, 9.17) is 5.73 Å². The highest BCUT2D eigenvalue weighted by atomic mass is 15.3. The van der Waals surface area contributed by atoms with Crippen molar-refractivity contribution in [2.45, 2.75) is 38.8 Å². The van der Waals surface area contributed by atoms with E-state index in [1.54, 1.807) is 0 Å². The van der Waals surface area contributed by atoms with Gasteiger partial charge >= 0.3 is 0 Å². The summed E-state index contributed by atoms with van der Waals surface area (Å²) in [6.07, 6.45) is 8.57. The second-order valence-corrected chi connectivity index (χ2v) is 6.22. The van der Waals surface area contributed by atoms with Crippen LogP contribution in [0.5, 0.6) is 0 Å². The molecule has 0 aromatic carbocycles. The maximum atomic E-state index is 6.46. The molecule has 3 nitrogen and oxygen atoms in total. The minimum atomic E-state index is 0.244. The number of fused-ring (bicyclic) bond motifs is 5. The molecule has 0 aliphatic heterocycles. The fourth-order valence-electron chi connectivity index (χ4n) is 4.82. The zero-order valence-electron chi connectivity index (χ0n) is 10.4. The van der Waals surface area contributed by atoms with Crippen LogP contribution >= 0.6 is 0 Å². The van der Waals surface area contributed by atoms with E-state index in [2.05, 4.69) is 18.2 Å². The monoisotopic (exact) mass is 231 g/mol. The lowest BCUT2D eigenvalue weighted by molar-refractivity contribution is 0.417. The second-order valence-electron chi connectivity index (χ2n) is 6.22. The first-order chi connectivity index (χ1) is 8.29. The van der Waals surface area contributed by atoms with Gasteiger partial charge in [-0.25, -0.2) is 0 Å². The summed E-state index contributed by atoms with van der Waals surface area (Å²) in [5.74, 6) is 4.74. The molecule has 3 aliphatic carbocycles. The highest BCUT2D eigenvalue weighted by Crippen LogP contribution is 2.71. The minimum Gasteiger partial charge on any atom is -0.324 e. The van der Waals surface area contributed by atoms with E-state index in [1.165, 1.54) is 24.8 Å². The van der Waals surface area contributed by atoms with Gasteiger partial charge in [-0.2, -0.15) is 5.10 Å². The van der Waals surface area contributed by atoms with Crippen LogP contribution in [0.25, 0.3) is 0 Å². The number of nitrogens with two attached hydrogens (primary N) is 1. The Bertz CT molecular complexity index is 422. The topological polar surface area (TPSA) is 43.8 Å². The summed E-state index contributed by atoms with van der Waals surface area (Å²) in [5.41, 5.74) is 7.71. The maximum absolute atomic E-state index is 6.46. The molecule has 92 valence electrons. The molecule has 0 saturated heterocycles. The van der Waals surface area contributed by atoms with Crippen molar-refractivity contribution in [1.29, 1.82) is 0 Å². The molecular weight excluding hydrogens is 210 g/mol. The first-order valence-corrected chi connectivity index (χ1v) is 7.07. The van der Waals surface area contributed by atoms with Crippen LogP contribution < -0.4 is 5.73 Å². The fraction of sp³-hybridized carbons (Fsp3) is 0.786. The molecule has 2 bridgehead atoms.